The number of halogens is 1. The number of nitrogens with one attached hydrogen (secondary N) is 2. The van der Waals surface area contributed by atoms with E-state index in [4.69, 9.17) is 0 Å². The van der Waals surface area contributed by atoms with Gasteiger partial charge in [-0.05, 0) is 44.2 Å². The van der Waals surface area contributed by atoms with Gasteiger partial charge < -0.3 is 10.6 Å². The Hall–Kier alpha value is -1.06. The number of benzene rings is 1. The fraction of sp³-hybridized carbons (Fsp3) is 0.533. The zero-order chi connectivity index (χ0) is 12.8. The van der Waals surface area contributed by atoms with Crippen LogP contribution in [0, 0.1) is 12.8 Å². The number of aryl methyl sites for hydroxylation is 1. The van der Waals surface area contributed by atoms with Gasteiger partial charge in [0.05, 0.1) is 6.54 Å². The quantitative estimate of drug-likeness (QED) is 0.804. The molecule has 1 aliphatic carbocycles. The molecule has 0 aliphatic heterocycles. The van der Waals surface area contributed by atoms with Crippen LogP contribution < -0.4 is 10.6 Å². The van der Waals surface area contributed by atoms with Gasteiger partial charge in [0, 0.05) is 6.54 Å². The summed E-state index contributed by atoms with van der Waals surface area (Å²) in [4.78, 5) is 11.5. The molecule has 0 heterocycles. The van der Waals surface area contributed by atoms with Crippen molar-refractivity contribution in [3.8, 4) is 0 Å². The van der Waals surface area contributed by atoms with Crippen molar-refractivity contribution < 1.29 is 4.79 Å². The molecule has 0 spiro atoms. The van der Waals surface area contributed by atoms with E-state index in [0.29, 0.717) is 13.1 Å². The molecule has 0 bridgehead atoms. The number of carbonyl (C=O) groups is 1. The topological polar surface area (TPSA) is 41.1 Å². The summed E-state index contributed by atoms with van der Waals surface area (Å²) in [6.07, 6.45) is 3.54. The first-order chi connectivity index (χ1) is 8.74. The highest BCUT2D eigenvalue weighted by atomic mass is 35.5. The summed E-state index contributed by atoms with van der Waals surface area (Å²) in [7, 11) is 0. The van der Waals surface area contributed by atoms with Gasteiger partial charge in [0.15, 0.2) is 0 Å². The molecule has 1 fully saturated rings. The van der Waals surface area contributed by atoms with Crippen molar-refractivity contribution in [1.29, 1.82) is 0 Å². The molecule has 19 heavy (non-hydrogen) atoms. The molecule has 0 radical (unpaired) electrons. The largest absolute Gasteiger partial charge is 0.355 e. The highest BCUT2D eigenvalue weighted by Crippen LogP contribution is 2.27. The van der Waals surface area contributed by atoms with E-state index in [9.17, 15) is 4.79 Å². The van der Waals surface area contributed by atoms with Crippen LogP contribution in [0.5, 0.6) is 0 Å². The second kappa shape index (κ2) is 8.18. The normalized spacial score (nSPS) is 13.7. The minimum absolute atomic E-state index is 0. The SMILES string of the molecule is Cc1ccc(CCNC(=O)CNCC2CC2)cc1.Cl. The van der Waals surface area contributed by atoms with E-state index >= 15 is 0 Å². The molecule has 0 aromatic heterocycles. The Morgan fingerprint density at radius 3 is 2.58 bits per heavy atom. The third-order valence-corrected chi connectivity index (χ3v) is 3.27. The molecule has 1 amide bonds. The smallest absolute Gasteiger partial charge is 0.233 e. The predicted octanol–water partition coefficient (Wildman–Crippen LogP) is 2.08. The maximum absolute atomic E-state index is 11.5. The van der Waals surface area contributed by atoms with E-state index in [0.717, 1.165) is 18.9 Å². The van der Waals surface area contributed by atoms with Gasteiger partial charge in [-0.15, -0.1) is 12.4 Å². The second-order valence-electron chi connectivity index (χ2n) is 5.16. The van der Waals surface area contributed by atoms with Gasteiger partial charge >= 0.3 is 0 Å². The van der Waals surface area contributed by atoms with Crippen LogP contribution >= 0.6 is 12.4 Å². The van der Waals surface area contributed by atoms with E-state index in [2.05, 4.69) is 41.8 Å². The van der Waals surface area contributed by atoms with Crippen molar-refractivity contribution in [1.82, 2.24) is 10.6 Å². The van der Waals surface area contributed by atoms with E-state index in [-0.39, 0.29) is 18.3 Å². The Labute approximate surface area is 121 Å². The van der Waals surface area contributed by atoms with Crippen molar-refractivity contribution in [2.45, 2.75) is 26.2 Å². The lowest BCUT2D eigenvalue weighted by Gasteiger charge is -2.06. The van der Waals surface area contributed by atoms with E-state index in [1.165, 1.54) is 24.0 Å². The molecule has 3 nitrogen and oxygen atoms in total. The van der Waals surface area contributed by atoms with Crippen LogP contribution in [-0.2, 0) is 11.2 Å². The average molecular weight is 283 g/mol. The van der Waals surface area contributed by atoms with Crippen LogP contribution in [0.3, 0.4) is 0 Å². The van der Waals surface area contributed by atoms with E-state index in [1.54, 1.807) is 0 Å². The molecular weight excluding hydrogens is 260 g/mol. The van der Waals surface area contributed by atoms with Crippen molar-refractivity contribution in [2.75, 3.05) is 19.6 Å². The highest BCUT2D eigenvalue weighted by molar-refractivity contribution is 5.85. The van der Waals surface area contributed by atoms with Crippen molar-refractivity contribution in [3.63, 3.8) is 0 Å². The molecule has 1 aromatic rings. The van der Waals surface area contributed by atoms with Crippen LogP contribution in [0.25, 0.3) is 0 Å². The van der Waals surface area contributed by atoms with Crippen molar-refractivity contribution in [3.05, 3.63) is 35.4 Å². The maximum Gasteiger partial charge on any atom is 0.233 e. The Morgan fingerprint density at radius 1 is 1.26 bits per heavy atom. The molecule has 2 rings (SSSR count). The summed E-state index contributed by atoms with van der Waals surface area (Å²) < 4.78 is 0. The molecule has 106 valence electrons. The number of hydrogen-bond donors (Lipinski definition) is 2. The lowest BCUT2D eigenvalue weighted by molar-refractivity contribution is -0.120. The highest BCUT2D eigenvalue weighted by Gasteiger charge is 2.20. The number of amides is 1. The first-order valence-corrected chi connectivity index (χ1v) is 6.77. The molecule has 1 saturated carbocycles. The zero-order valence-electron chi connectivity index (χ0n) is 11.4. The van der Waals surface area contributed by atoms with Gasteiger partial charge in [-0.3, -0.25) is 4.79 Å². The maximum atomic E-state index is 11.5. The third kappa shape index (κ3) is 6.60. The number of rotatable bonds is 7. The minimum Gasteiger partial charge on any atom is -0.355 e. The predicted molar refractivity (Wildman–Crippen MR) is 80.7 cm³/mol. The first-order valence-electron chi connectivity index (χ1n) is 6.77. The molecular formula is C15H23ClN2O. The van der Waals surface area contributed by atoms with Crippen LogP contribution in [0.2, 0.25) is 0 Å². The summed E-state index contributed by atoms with van der Waals surface area (Å²) in [6, 6.07) is 8.45. The lowest BCUT2D eigenvalue weighted by Crippen LogP contribution is -2.35. The van der Waals surface area contributed by atoms with E-state index < -0.39 is 0 Å². The molecule has 0 unspecified atom stereocenters. The van der Waals surface area contributed by atoms with Gasteiger partial charge in [0.2, 0.25) is 5.91 Å². The van der Waals surface area contributed by atoms with Crippen molar-refractivity contribution in [2.24, 2.45) is 5.92 Å². The van der Waals surface area contributed by atoms with E-state index in [1.807, 2.05) is 0 Å². The van der Waals surface area contributed by atoms with Crippen molar-refractivity contribution >= 4 is 18.3 Å². The minimum atomic E-state index is 0. The molecule has 1 aliphatic rings. The summed E-state index contributed by atoms with van der Waals surface area (Å²) in [5.41, 5.74) is 2.54. The summed E-state index contributed by atoms with van der Waals surface area (Å²) >= 11 is 0. The lowest BCUT2D eigenvalue weighted by atomic mass is 10.1. The summed E-state index contributed by atoms with van der Waals surface area (Å²) in [6.45, 7) is 4.24. The Kier molecular flexibility index (Phi) is 6.89. The number of carbonyl (C=O) groups excluding carboxylic acids is 1. The van der Waals surface area contributed by atoms with Crippen LogP contribution in [0.4, 0.5) is 0 Å². The van der Waals surface area contributed by atoms with Gasteiger partial charge in [-0.1, -0.05) is 29.8 Å². The molecule has 4 heteroatoms. The molecule has 0 saturated heterocycles. The standard InChI is InChI=1S/C15H22N2O.ClH/c1-12-2-4-13(5-3-12)8-9-17-15(18)11-16-10-14-6-7-14;/h2-5,14,16H,6-11H2,1H3,(H,17,18);1H. The van der Waals surface area contributed by atoms with Gasteiger partial charge in [0.25, 0.3) is 0 Å². The van der Waals surface area contributed by atoms with Crippen LogP contribution in [0.15, 0.2) is 24.3 Å². The Bertz CT molecular complexity index is 388. The monoisotopic (exact) mass is 282 g/mol. The molecule has 0 atom stereocenters. The van der Waals surface area contributed by atoms with Gasteiger partial charge in [-0.25, -0.2) is 0 Å². The van der Waals surface area contributed by atoms with Crippen LogP contribution in [0.1, 0.15) is 24.0 Å². The summed E-state index contributed by atoms with van der Waals surface area (Å²) in [5, 5.41) is 6.13. The van der Waals surface area contributed by atoms with Crippen LogP contribution in [-0.4, -0.2) is 25.5 Å². The Morgan fingerprint density at radius 2 is 1.95 bits per heavy atom. The van der Waals surface area contributed by atoms with Gasteiger partial charge in [-0.2, -0.15) is 0 Å². The average Bonchev–Trinajstić information content (AvgIpc) is 3.16. The van der Waals surface area contributed by atoms with Gasteiger partial charge in [0.1, 0.15) is 0 Å². The zero-order valence-corrected chi connectivity index (χ0v) is 12.3. The molecule has 1 aromatic carbocycles. The molecule has 2 N–H and O–H groups in total. The second-order valence-corrected chi connectivity index (χ2v) is 5.16. The fourth-order valence-electron chi connectivity index (χ4n) is 1.88. The summed E-state index contributed by atoms with van der Waals surface area (Å²) in [5.74, 6) is 0.924. The first kappa shape index (κ1) is 16.0. The third-order valence-electron chi connectivity index (χ3n) is 3.27. The number of hydrogen-bond acceptors (Lipinski definition) is 2. The Balaban J connectivity index is 0.00000180. The fourth-order valence-corrected chi connectivity index (χ4v) is 1.88.